The molecule has 2 aliphatic rings. The number of nitrogens with zero attached hydrogens (tertiary/aromatic N) is 1. The minimum absolute atomic E-state index is 0.0107. The van der Waals surface area contributed by atoms with E-state index in [0.29, 0.717) is 17.7 Å². The second kappa shape index (κ2) is 3.29. The maximum absolute atomic E-state index is 13.5. The van der Waals surface area contributed by atoms with Gasteiger partial charge in [-0.25, -0.2) is 4.39 Å². The van der Waals surface area contributed by atoms with Crippen LogP contribution in [0.3, 0.4) is 0 Å². The fourth-order valence-electron chi connectivity index (χ4n) is 2.27. The molecule has 1 aromatic carbocycles. The highest BCUT2D eigenvalue weighted by molar-refractivity contribution is 6.08. The standard InChI is InChI=1S/C12H11FN2O2/c13-10-3-7(14)2-1-6(10)5-15-11(16)8-4-9(8)12(15)17/h1-3,8-9H,4-5,14H2. The highest BCUT2D eigenvalue weighted by atomic mass is 19.1. The number of piperidine rings is 1. The number of carbonyl (C=O) groups is 2. The topological polar surface area (TPSA) is 63.4 Å². The van der Waals surface area contributed by atoms with E-state index >= 15 is 0 Å². The van der Waals surface area contributed by atoms with Crippen LogP contribution in [0.2, 0.25) is 0 Å². The van der Waals surface area contributed by atoms with Gasteiger partial charge in [0.15, 0.2) is 0 Å². The van der Waals surface area contributed by atoms with Crippen molar-refractivity contribution in [2.75, 3.05) is 5.73 Å². The minimum Gasteiger partial charge on any atom is -0.399 e. The number of likely N-dealkylation sites (tertiary alicyclic amines) is 1. The smallest absolute Gasteiger partial charge is 0.233 e. The quantitative estimate of drug-likeness (QED) is 0.611. The van der Waals surface area contributed by atoms with Crippen molar-refractivity contribution in [2.45, 2.75) is 13.0 Å². The first-order chi connectivity index (χ1) is 8.08. The zero-order valence-electron chi connectivity index (χ0n) is 9.02. The van der Waals surface area contributed by atoms with Crippen LogP contribution in [0.25, 0.3) is 0 Å². The summed E-state index contributed by atoms with van der Waals surface area (Å²) in [5.74, 6) is -1.10. The van der Waals surface area contributed by atoms with Crippen molar-refractivity contribution in [1.29, 1.82) is 0 Å². The Labute approximate surface area is 97.2 Å². The van der Waals surface area contributed by atoms with Gasteiger partial charge in [-0.1, -0.05) is 6.07 Å². The summed E-state index contributed by atoms with van der Waals surface area (Å²) in [6, 6.07) is 4.26. The third-order valence-electron chi connectivity index (χ3n) is 3.36. The summed E-state index contributed by atoms with van der Waals surface area (Å²) in [6.45, 7) is 0.0107. The number of carbonyl (C=O) groups excluding carboxylic acids is 2. The number of hydrogen-bond acceptors (Lipinski definition) is 3. The van der Waals surface area contributed by atoms with Crippen molar-refractivity contribution in [3.8, 4) is 0 Å². The minimum atomic E-state index is -0.480. The molecule has 2 N–H and O–H groups in total. The molecule has 1 saturated heterocycles. The zero-order valence-corrected chi connectivity index (χ0v) is 9.02. The largest absolute Gasteiger partial charge is 0.399 e. The van der Waals surface area contributed by atoms with Crippen LogP contribution in [-0.2, 0) is 16.1 Å². The number of halogens is 1. The lowest BCUT2D eigenvalue weighted by Crippen LogP contribution is -2.32. The summed E-state index contributed by atoms with van der Waals surface area (Å²) in [6.07, 6.45) is 0.665. The Hall–Kier alpha value is -1.91. The molecule has 2 unspecified atom stereocenters. The van der Waals surface area contributed by atoms with Gasteiger partial charge < -0.3 is 5.73 Å². The van der Waals surface area contributed by atoms with Gasteiger partial charge in [-0.3, -0.25) is 14.5 Å². The lowest BCUT2D eigenvalue weighted by molar-refractivity contribution is -0.142. The van der Waals surface area contributed by atoms with E-state index in [1.807, 2.05) is 0 Å². The number of anilines is 1. The Morgan fingerprint density at radius 2 is 1.94 bits per heavy atom. The van der Waals surface area contributed by atoms with Gasteiger partial charge in [-0.15, -0.1) is 0 Å². The fraction of sp³-hybridized carbons (Fsp3) is 0.333. The van der Waals surface area contributed by atoms with E-state index < -0.39 is 5.82 Å². The monoisotopic (exact) mass is 234 g/mol. The molecule has 5 heteroatoms. The number of nitrogen functional groups attached to an aromatic ring is 1. The van der Waals surface area contributed by atoms with E-state index in [1.165, 1.54) is 12.1 Å². The molecule has 4 nitrogen and oxygen atoms in total. The van der Waals surface area contributed by atoms with Crippen molar-refractivity contribution in [2.24, 2.45) is 11.8 Å². The Balaban J connectivity index is 1.83. The highest BCUT2D eigenvalue weighted by Gasteiger charge is 2.58. The number of amides is 2. The molecule has 0 radical (unpaired) electrons. The van der Waals surface area contributed by atoms with Crippen molar-refractivity contribution in [3.05, 3.63) is 29.6 Å². The molecular formula is C12H11FN2O2. The maximum Gasteiger partial charge on any atom is 0.233 e. The summed E-state index contributed by atoms with van der Waals surface area (Å²) >= 11 is 0. The maximum atomic E-state index is 13.5. The second-order valence-electron chi connectivity index (χ2n) is 4.56. The van der Waals surface area contributed by atoms with E-state index in [-0.39, 0.29) is 30.2 Å². The van der Waals surface area contributed by atoms with Gasteiger partial charge in [0.05, 0.1) is 18.4 Å². The van der Waals surface area contributed by atoms with Crippen LogP contribution in [0, 0.1) is 17.7 Å². The Morgan fingerprint density at radius 1 is 1.29 bits per heavy atom. The van der Waals surface area contributed by atoms with Gasteiger partial charge in [0.25, 0.3) is 0 Å². The van der Waals surface area contributed by atoms with Crippen molar-refractivity contribution < 1.29 is 14.0 Å². The lowest BCUT2D eigenvalue weighted by atomic mass is 10.2. The summed E-state index contributed by atoms with van der Waals surface area (Å²) in [5, 5.41) is 0. The van der Waals surface area contributed by atoms with Crippen LogP contribution in [0.1, 0.15) is 12.0 Å². The zero-order chi connectivity index (χ0) is 12.2. The molecule has 1 aromatic rings. The predicted octanol–water partition coefficient (Wildman–Crippen LogP) is 0.913. The molecule has 1 aliphatic heterocycles. The molecule has 2 amide bonds. The van der Waals surface area contributed by atoms with E-state index in [1.54, 1.807) is 6.07 Å². The van der Waals surface area contributed by atoms with E-state index in [0.717, 1.165) is 4.90 Å². The summed E-state index contributed by atoms with van der Waals surface area (Å²) in [4.78, 5) is 24.5. The molecule has 17 heavy (non-hydrogen) atoms. The Kier molecular flexibility index (Phi) is 1.98. The highest BCUT2D eigenvalue weighted by Crippen LogP contribution is 2.47. The van der Waals surface area contributed by atoms with E-state index in [2.05, 4.69) is 0 Å². The molecule has 2 atom stereocenters. The molecular weight excluding hydrogens is 223 g/mol. The van der Waals surface area contributed by atoms with E-state index in [9.17, 15) is 14.0 Å². The SMILES string of the molecule is Nc1ccc(CN2C(=O)C3CC3C2=O)c(F)c1. The average molecular weight is 234 g/mol. The number of nitrogens with two attached hydrogens (primary N) is 1. The third-order valence-corrected chi connectivity index (χ3v) is 3.36. The molecule has 0 bridgehead atoms. The Bertz CT molecular complexity index is 509. The molecule has 1 heterocycles. The van der Waals surface area contributed by atoms with Gasteiger partial charge in [0, 0.05) is 11.3 Å². The number of rotatable bonds is 2. The van der Waals surface area contributed by atoms with Crippen molar-refractivity contribution in [3.63, 3.8) is 0 Å². The van der Waals surface area contributed by atoms with Crippen LogP contribution >= 0.6 is 0 Å². The fourth-order valence-corrected chi connectivity index (χ4v) is 2.27. The number of hydrogen-bond donors (Lipinski definition) is 1. The van der Waals surface area contributed by atoms with Gasteiger partial charge in [0.2, 0.25) is 11.8 Å². The second-order valence-corrected chi connectivity index (χ2v) is 4.56. The molecule has 0 spiro atoms. The number of fused-ring (bicyclic) bond motifs is 1. The normalized spacial score (nSPS) is 26.3. The Morgan fingerprint density at radius 3 is 2.53 bits per heavy atom. The molecule has 1 saturated carbocycles. The summed E-state index contributed by atoms with van der Waals surface area (Å²) < 4.78 is 13.5. The van der Waals surface area contributed by atoms with Gasteiger partial charge in [-0.05, 0) is 18.6 Å². The van der Waals surface area contributed by atoms with Crippen LogP contribution in [0.4, 0.5) is 10.1 Å². The first kappa shape index (κ1) is 10.3. The van der Waals surface area contributed by atoms with Crippen LogP contribution in [-0.4, -0.2) is 16.7 Å². The van der Waals surface area contributed by atoms with Crippen molar-refractivity contribution in [1.82, 2.24) is 4.90 Å². The molecule has 1 aliphatic carbocycles. The summed E-state index contributed by atoms with van der Waals surface area (Å²) in [5.41, 5.74) is 6.08. The number of benzene rings is 1. The first-order valence-electron chi connectivity index (χ1n) is 5.47. The molecule has 88 valence electrons. The molecule has 3 rings (SSSR count). The van der Waals surface area contributed by atoms with Crippen LogP contribution in [0.15, 0.2) is 18.2 Å². The predicted molar refractivity (Wildman–Crippen MR) is 58.0 cm³/mol. The van der Waals surface area contributed by atoms with Gasteiger partial charge in [0.1, 0.15) is 5.82 Å². The lowest BCUT2D eigenvalue weighted by Gasteiger charge is -2.16. The average Bonchev–Trinajstić information content (AvgIpc) is 3.02. The molecule has 2 fully saturated rings. The first-order valence-corrected chi connectivity index (χ1v) is 5.47. The van der Waals surface area contributed by atoms with Crippen LogP contribution in [0.5, 0.6) is 0 Å². The molecule has 0 aromatic heterocycles. The third kappa shape index (κ3) is 1.50. The van der Waals surface area contributed by atoms with Crippen molar-refractivity contribution >= 4 is 17.5 Å². The number of imide groups is 1. The van der Waals surface area contributed by atoms with Gasteiger partial charge >= 0.3 is 0 Å². The van der Waals surface area contributed by atoms with E-state index in [4.69, 9.17) is 5.73 Å². The summed E-state index contributed by atoms with van der Waals surface area (Å²) in [7, 11) is 0. The van der Waals surface area contributed by atoms with Gasteiger partial charge in [-0.2, -0.15) is 0 Å². The van der Waals surface area contributed by atoms with Crippen LogP contribution < -0.4 is 5.73 Å².